The Kier molecular flexibility index (Phi) is 4.53. The van der Waals surface area contributed by atoms with E-state index in [0.717, 1.165) is 5.56 Å². The molecule has 6 heteroatoms. The third-order valence-electron chi connectivity index (χ3n) is 2.61. The van der Waals surface area contributed by atoms with Crippen LogP contribution in [-0.4, -0.2) is 5.91 Å². The van der Waals surface area contributed by atoms with Crippen LogP contribution in [0.25, 0.3) is 0 Å². The van der Waals surface area contributed by atoms with Crippen LogP contribution in [0.3, 0.4) is 0 Å². The van der Waals surface area contributed by atoms with Gasteiger partial charge in [-0.25, -0.2) is 4.39 Å². The van der Waals surface area contributed by atoms with Gasteiger partial charge in [0.1, 0.15) is 5.82 Å². The number of halogens is 4. The molecule has 2 nitrogen and oxygen atoms in total. The summed E-state index contributed by atoms with van der Waals surface area (Å²) >= 11 is 17.7. The number of benzene rings is 2. The molecule has 1 N–H and O–H groups in total. The van der Waals surface area contributed by atoms with Crippen LogP contribution in [0.5, 0.6) is 0 Å². The summed E-state index contributed by atoms with van der Waals surface area (Å²) in [6.07, 6.45) is 0. The number of anilines is 1. The van der Waals surface area contributed by atoms with Crippen molar-refractivity contribution in [2.75, 3.05) is 5.32 Å². The van der Waals surface area contributed by atoms with Crippen molar-refractivity contribution >= 4 is 46.4 Å². The van der Waals surface area contributed by atoms with Gasteiger partial charge in [0, 0.05) is 5.02 Å². The number of carbonyl (C=O) groups excluding carboxylic acids is 1. The molecule has 0 unspecified atom stereocenters. The van der Waals surface area contributed by atoms with Crippen molar-refractivity contribution in [1.29, 1.82) is 0 Å². The topological polar surface area (TPSA) is 29.1 Å². The second-order valence-corrected chi connectivity index (χ2v) is 5.43. The van der Waals surface area contributed by atoms with Crippen LogP contribution in [0.4, 0.5) is 10.1 Å². The summed E-state index contributed by atoms with van der Waals surface area (Å²) < 4.78 is 13.6. The van der Waals surface area contributed by atoms with E-state index in [4.69, 9.17) is 34.8 Å². The standard InChI is InChI=1S/C14H9Cl3FNO/c1-7-2-3-12(18)9(4-7)14(20)19-13-10(16)5-8(15)6-11(13)17/h2-6H,1H3,(H,19,20). The summed E-state index contributed by atoms with van der Waals surface area (Å²) in [4.78, 5) is 12.1. The third-order valence-corrected chi connectivity index (χ3v) is 3.43. The Bertz CT molecular complexity index is 665. The highest BCUT2D eigenvalue weighted by molar-refractivity contribution is 6.42. The van der Waals surface area contributed by atoms with Crippen LogP contribution >= 0.6 is 34.8 Å². The molecule has 0 fully saturated rings. The minimum Gasteiger partial charge on any atom is -0.319 e. The second kappa shape index (κ2) is 6.00. The molecule has 1 amide bonds. The highest BCUT2D eigenvalue weighted by Crippen LogP contribution is 2.34. The molecular formula is C14H9Cl3FNO. The maximum atomic E-state index is 13.6. The summed E-state index contributed by atoms with van der Waals surface area (Å²) in [7, 11) is 0. The summed E-state index contributed by atoms with van der Waals surface area (Å²) in [5, 5.41) is 3.20. The average molecular weight is 333 g/mol. The number of rotatable bonds is 2. The van der Waals surface area contributed by atoms with Gasteiger partial charge >= 0.3 is 0 Å². The van der Waals surface area contributed by atoms with Crippen molar-refractivity contribution < 1.29 is 9.18 Å². The van der Waals surface area contributed by atoms with Gasteiger partial charge < -0.3 is 5.32 Å². The van der Waals surface area contributed by atoms with Crippen molar-refractivity contribution in [3.63, 3.8) is 0 Å². The van der Waals surface area contributed by atoms with Gasteiger partial charge in [-0.05, 0) is 31.2 Å². The molecule has 0 heterocycles. The van der Waals surface area contributed by atoms with Gasteiger partial charge in [0.05, 0.1) is 21.3 Å². The summed E-state index contributed by atoms with van der Waals surface area (Å²) in [5.41, 5.74) is 0.889. The Labute approximate surface area is 130 Å². The van der Waals surface area contributed by atoms with Gasteiger partial charge in [-0.15, -0.1) is 0 Å². The quantitative estimate of drug-likeness (QED) is 0.789. The molecule has 0 radical (unpaired) electrons. The Morgan fingerprint density at radius 1 is 1.10 bits per heavy atom. The molecule has 20 heavy (non-hydrogen) atoms. The zero-order valence-corrected chi connectivity index (χ0v) is 12.6. The van der Waals surface area contributed by atoms with Gasteiger partial charge in [-0.2, -0.15) is 0 Å². The van der Waals surface area contributed by atoms with Gasteiger partial charge in [-0.3, -0.25) is 4.79 Å². The zero-order chi connectivity index (χ0) is 14.9. The van der Waals surface area contributed by atoms with Crippen molar-refractivity contribution in [2.24, 2.45) is 0 Å². The maximum Gasteiger partial charge on any atom is 0.258 e. The lowest BCUT2D eigenvalue weighted by atomic mass is 10.1. The van der Waals surface area contributed by atoms with Crippen LogP contribution in [0.15, 0.2) is 30.3 Å². The molecule has 0 bridgehead atoms. The first-order valence-electron chi connectivity index (χ1n) is 5.60. The molecular weight excluding hydrogens is 324 g/mol. The van der Waals surface area contributed by atoms with E-state index in [1.807, 2.05) is 0 Å². The SMILES string of the molecule is Cc1ccc(F)c(C(=O)Nc2c(Cl)cc(Cl)cc2Cl)c1. The number of amides is 1. The molecule has 0 spiro atoms. The lowest BCUT2D eigenvalue weighted by Gasteiger charge is -2.10. The second-order valence-electron chi connectivity index (χ2n) is 4.18. The normalized spacial score (nSPS) is 10.4. The first kappa shape index (κ1) is 15.1. The predicted octanol–water partition coefficient (Wildman–Crippen LogP) is 5.35. The predicted molar refractivity (Wildman–Crippen MR) is 80.6 cm³/mol. The van der Waals surface area contributed by atoms with Gasteiger partial charge in [0.15, 0.2) is 0 Å². The fourth-order valence-corrected chi connectivity index (χ4v) is 2.57. The zero-order valence-electron chi connectivity index (χ0n) is 10.3. The van der Waals surface area contributed by atoms with E-state index in [2.05, 4.69) is 5.32 Å². The van der Waals surface area contributed by atoms with E-state index in [-0.39, 0.29) is 21.3 Å². The number of aryl methyl sites for hydroxylation is 1. The van der Waals surface area contributed by atoms with Crippen molar-refractivity contribution in [3.8, 4) is 0 Å². The van der Waals surface area contributed by atoms with Gasteiger partial charge in [0.2, 0.25) is 0 Å². The average Bonchev–Trinajstić information content (AvgIpc) is 2.36. The van der Waals surface area contributed by atoms with E-state index in [0.29, 0.717) is 5.02 Å². The van der Waals surface area contributed by atoms with Crippen molar-refractivity contribution in [1.82, 2.24) is 0 Å². The number of hydrogen-bond acceptors (Lipinski definition) is 1. The largest absolute Gasteiger partial charge is 0.319 e. The van der Waals surface area contributed by atoms with E-state index in [9.17, 15) is 9.18 Å². The Balaban J connectivity index is 2.35. The summed E-state index contributed by atoms with van der Waals surface area (Å²) in [6, 6.07) is 7.14. The fraction of sp³-hybridized carbons (Fsp3) is 0.0714. The number of carbonyl (C=O) groups is 1. The number of hydrogen-bond donors (Lipinski definition) is 1. The third kappa shape index (κ3) is 3.23. The Morgan fingerprint density at radius 2 is 1.70 bits per heavy atom. The maximum absolute atomic E-state index is 13.6. The van der Waals surface area contributed by atoms with Crippen LogP contribution in [0.1, 0.15) is 15.9 Å². The van der Waals surface area contributed by atoms with Gasteiger partial charge in [-0.1, -0.05) is 46.4 Å². The van der Waals surface area contributed by atoms with Crippen molar-refractivity contribution in [3.05, 3.63) is 62.3 Å². The van der Waals surface area contributed by atoms with Crippen LogP contribution < -0.4 is 5.32 Å². The molecule has 0 saturated heterocycles. The molecule has 2 aromatic rings. The lowest BCUT2D eigenvalue weighted by Crippen LogP contribution is -2.14. The van der Waals surface area contributed by atoms with Crippen LogP contribution in [0, 0.1) is 12.7 Å². The molecule has 0 aliphatic carbocycles. The van der Waals surface area contributed by atoms with Crippen LogP contribution in [0.2, 0.25) is 15.1 Å². The lowest BCUT2D eigenvalue weighted by molar-refractivity contribution is 0.102. The molecule has 0 aromatic heterocycles. The minimum absolute atomic E-state index is 0.0768. The monoisotopic (exact) mass is 331 g/mol. The van der Waals surface area contributed by atoms with E-state index >= 15 is 0 Å². The molecule has 0 atom stereocenters. The van der Waals surface area contributed by atoms with Gasteiger partial charge in [0.25, 0.3) is 5.91 Å². The van der Waals surface area contributed by atoms with E-state index in [1.54, 1.807) is 13.0 Å². The first-order valence-corrected chi connectivity index (χ1v) is 6.74. The summed E-state index contributed by atoms with van der Waals surface area (Å²) in [5.74, 6) is -1.24. The smallest absolute Gasteiger partial charge is 0.258 e. The van der Waals surface area contributed by atoms with Crippen LogP contribution in [-0.2, 0) is 0 Å². The first-order chi connectivity index (χ1) is 9.38. The highest BCUT2D eigenvalue weighted by Gasteiger charge is 2.16. The molecule has 2 rings (SSSR count). The highest BCUT2D eigenvalue weighted by atomic mass is 35.5. The molecule has 2 aromatic carbocycles. The molecule has 0 aliphatic heterocycles. The molecule has 104 valence electrons. The number of nitrogens with one attached hydrogen (secondary N) is 1. The van der Waals surface area contributed by atoms with E-state index < -0.39 is 11.7 Å². The molecule has 0 saturated carbocycles. The molecule has 0 aliphatic rings. The minimum atomic E-state index is -0.627. The van der Waals surface area contributed by atoms with E-state index in [1.165, 1.54) is 24.3 Å². The summed E-state index contributed by atoms with van der Waals surface area (Å²) in [6.45, 7) is 1.76. The van der Waals surface area contributed by atoms with Crippen molar-refractivity contribution in [2.45, 2.75) is 6.92 Å². The Hall–Kier alpha value is -1.29. The fourth-order valence-electron chi connectivity index (χ4n) is 1.66. The Morgan fingerprint density at radius 3 is 2.30 bits per heavy atom.